The van der Waals surface area contributed by atoms with Gasteiger partial charge in [-0.1, -0.05) is 19.1 Å². The number of rotatable bonds is 1. The summed E-state index contributed by atoms with van der Waals surface area (Å²) in [5, 5.41) is 0. The zero-order valence-electron chi connectivity index (χ0n) is 7.76. The van der Waals surface area contributed by atoms with Crippen molar-refractivity contribution in [2.24, 2.45) is 5.92 Å². The SMILES string of the molecule is CC=CC1(C)CC(C)CCO1. The molecule has 1 heteroatoms. The maximum Gasteiger partial charge on any atom is 0.0836 e. The zero-order chi connectivity index (χ0) is 8.32. The Kier molecular flexibility index (Phi) is 2.72. The van der Waals surface area contributed by atoms with Crippen molar-refractivity contribution >= 4 is 0 Å². The van der Waals surface area contributed by atoms with Crippen molar-refractivity contribution in [1.82, 2.24) is 0 Å². The summed E-state index contributed by atoms with van der Waals surface area (Å²) in [4.78, 5) is 0. The lowest BCUT2D eigenvalue weighted by atomic mass is 9.88. The highest BCUT2D eigenvalue weighted by molar-refractivity contribution is 5.00. The molecule has 1 aliphatic rings. The Morgan fingerprint density at radius 3 is 2.82 bits per heavy atom. The van der Waals surface area contributed by atoms with E-state index in [1.807, 2.05) is 6.92 Å². The quantitative estimate of drug-likeness (QED) is 0.528. The van der Waals surface area contributed by atoms with Gasteiger partial charge in [0.15, 0.2) is 0 Å². The summed E-state index contributed by atoms with van der Waals surface area (Å²) in [6, 6.07) is 0. The fourth-order valence-corrected chi connectivity index (χ4v) is 1.81. The minimum atomic E-state index is 0.0203. The van der Waals surface area contributed by atoms with Gasteiger partial charge in [0.2, 0.25) is 0 Å². The lowest BCUT2D eigenvalue weighted by Gasteiger charge is -2.34. The standard InChI is InChI=1S/C10H18O/c1-4-6-10(3)8-9(2)5-7-11-10/h4,6,9H,5,7-8H2,1-3H3. The van der Waals surface area contributed by atoms with Crippen molar-refractivity contribution in [3.05, 3.63) is 12.2 Å². The predicted molar refractivity (Wildman–Crippen MR) is 47.6 cm³/mol. The zero-order valence-corrected chi connectivity index (χ0v) is 7.76. The maximum absolute atomic E-state index is 5.69. The Morgan fingerprint density at radius 2 is 2.27 bits per heavy atom. The molecule has 1 heterocycles. The number of allylic oxidation sites excluding steroid dienone is 1. The topological polar surface area (TPSA) is 9.23 Å². The van der Waals surface area contributed by atoms with Crippen LogP contribution < -0.4 is 0 Å². The second-order valence-corrected chi connectivity index (χ2v) is 3.76. The summed E-state index contributed by atoms with van der Waals surface area (Å²) in [7, 11) is 0. The summed E-state index contributed by atoms with van der Waals surface area (Å²) in [6.45, 7) is 7.43. The van der Waals surface area contributed by atoms with E-state index in [4.69, 9.17) is 4.74 Å². The second kappa shape index (κ2) is 3.40. The second-order valence-electron chi connectivity index (χ2n) is 3.76. The Balaban J connectivity index is 2.55. The van der Waals surface area contributed by atoms with Crippen LogP contribution in [0.3, 0.4) is 0 Å². The third-order valence-electron chi connectivity index (χ3n) is 2.32. The van der Waals surface area contributed by atoms with Crippen LogP contribution in [-0.4, -0.2) is 12.2 Å². The molecule has 1 aliphatic heterocycles. The first-order valence-corrected chi connectivity index (χ1v) is 4.44. The molecule has 0 N–H and O–H groups in total. The van der Waals surface area contributed by atoms with E-state index in [1.54, 1.807) is 0 Å². The van der Waals surface area contributed by atoms with Crippen LogP contribution in [0.1, 0.15) is 33.6 Å². The van der Waals surface area contributed by atoms with Gasteiger partial charge in [-0.15, -0.1) is 0 Å². The molecule has 0 saturated carbocycles. The Bertz CT molecular complexity index is 151. The van der Waals surface area contributed by atoms with E-state index >= 15 is 0 Å². The molecular weight excluding hydrogens is 136 g/mol. The van der Waals surface area contributed by atoms with E-state index in [0.29, 0.717) is 0 Å². The molecule has 0 bridgehead atoms. The molecule has 0 aromatic carbocycles. The highest BCUT2D eigenvalue weighted by Crippen LogP contribution is 2.29. The molecule has 2 unspecified atom stereocenters. The molecule has 1 rings (SSSR count). The van der Waals surface area contributed by atoms with Crippen molar-refractivity contribution in [3.8, 4) is 0 Å². The van der Waals surface area contributed by atoms with Gasteiger partial charge in [0.05, 0.1) is 5.60 Å². The van der Waals surface area contributed by atoms with Gasteiger partial charge in [-0.05, 0) is 32.6 Å². The largest absolute Gasteiger partial charge is 0.371 e. The predicted octanol–water partition coefficient (Wildman–Crippen LogP) is 2.77. The van der Waals surface area contributed by atoms with Gasteiger partial charge >= 0.3 is 0 Å². The van der Waals surface area contributed by atoms with Gasteiger partial charge in [0.1, 0.15) is 0 Å². The van der Waals surface area contributed by atoms with Crippen molar-refractivity contribution in [1.29, 1.82) is 0 Å². The van der Waals surface area contributed by atoms with Crippen LogP contribution in [0.4, 0.5) is 0 Å². The number of ether oxygens (including phenoxy) is 1. The Morgan fingerprint density at radius 1 is 1.55 bits per heavy atom. The number of hydrogen-bond donors (Lipinski definition) is 0. The smallest absolute Gasteiger partial charge is 0.0836 e. The Labute approximate surface area is 69.4 Å². The van der Waals surface area contributed by atoms with Crippen LogP contribution in [0.25, 0.3) is 0 Å². The van der Waals surface area contributed by atoms with Gasteiger partial charge in [-0.3, -0.25) is 0 Å². The molecule has 0 radical (unpaired) electrons. The summed E-state index contributed by atoms with van der Waals surface area (Å²) in [6.07, 6.45) is 6.63. The first-order valence-electron chi connectivity index (χ1n) is 4.44. The lowest BCUT2D eigenvalue weighted by Crippen LogP contribution is -2.34. The van der Waals surface area contributed by atoms with E-state index in [2.05, 4.69) is 26.0 Å². The van der Waals surface area contributed by atoms with E-state index < -0.39 is 0 Å². The van der Waals surface area contributed by atoms with Gasteiger partial charge in [0, 0.05) is 6.61 Å². The maximum atomic E-state index is 5.69. The molecule has 1 fully saturated rings. The van der Waals surface area contributed by atoms with Crippen LogP contribution >= 0.6 is 0 Å². The summed E-state index contributed by atoms with van der Waals surface area (Å²) in [5.74, 6) is 0.810. The monoisotopic (exact) mass is 154 g/mol. The van der Waals surface area contributed by atoms with Crippen LogP contribution in [-0.2, 0) is 4.74 Å². The van der Waals surface area contributed by atoms with Crippen molar-refractivity contribution in [3.63, 3.8) is 0 Å². The normalized spacial score (nSPS) is 39.7. The molecule has 2 atom stereocenters. The van der Waals surface area contributed by atoms with Crippen LogP contribution in [0.15, 0.2) is 12.2 Å². The van der Waals surface area contributed by atoms with Gasteiger partial charge in [0.25, 0.3) is 0 Å². The van der Waals surface area contributed by atoms with Crippen LogP contribution in [0.5, 0.6) is 0 Å². The average molecular weight is 154 g/mol. The van der Waals surface area contributed by atoms with Crippen molar-refractivity contribution in [2.75, 3.05) is 6.61 Å². The van der Waals surface area contributed by atoms with Gasteiger partial charge in [-0.25, -0.2) is 0 Å². The number of hydrogen-bond acceptors (Lipinski definition) is 1. The van der Waals surface area contributed by atoms with E-state index in [0.717, 1.165) is 18.9 Å². The molecule has 1 saturated heterocycles. The average Bonchev–Trinajstić information content (AvgIpc) is 1.86. The van der Waals surface area contributed by atoms with Crippen molar-refractivity contribution < 1.29 is 4.74 Å². The van der Waals surface area contributed by atoms with Gasteiger partial charge < -0.3 is 4.74 Å². The third kappa shape index (κ3) is 2.33. The minimum absolute atomic E-state index is 0.0203. The molecule has 1 nitrogen and oxygen atoms in total. The van der Waals surface area contributed by atoms with Crippen molar-refractivity contribution in [2.45, 2.75) is 39.2 Å². The highest BCUT2D eigenvalue weighted by Gasteiger charge is 2.28. The van der Waals surface area contributed by atoms with E-state index in [9.17, 15) is 0 Å². The van der Waals surface area contributed by atoms with E-state index in [1.165, 1.54) is 6.42 Å². The first-order chi connectivity index (χ1) is 5.16. The van der Waals surface area contributed by atoms with Crippen LogP contribution in [0, 0.1) is 5.92 Å². The molecule has 0 aliphatic carbocycles. The Hall–Kier alpha value is -0.300. The summed E-state index contributed by atoms with van der Waals surface area (Å²) < 4.78 is 5.69. The highest BCUT2D eigenvalue weighted by atomic mass is 16.5. The lowest BCUT2D eigenvalue weighted by molar-refractivity contribution is -0.0487. The first kappa shape index (κ1) is 8.79. The molecule has 0 aromatic rings. The molecule has 0 spiro atoms. The minimum Gasteiger partial charge on any atom is -0.371 e. The van der Waals surface area contributed by atoms with E-state index in [-0.39, 0.29) is 5.60 Å². The molecular formula is C10H18O. The third-order valence-corrected chi connectivity index (χ3v) is 2.32. The molecule has 0 amide bonds. The summed E-state index contributed by atoms with van der Waals surface area (Å²) >= 11 is 0. The van der Waals surface area contributed by atoms with Gasteiger partial charge in [-0.2, -0.15) is 0 Å². The summed E-state index contributed by atoms with van der Waals surface area (Å²) in [5.41, 5.74) is 0.0203. The fraction of sp³-hybridized carbons (Fsp3) is 0.800. The molecule has 64 valence electrons. The molecule has 11 heavy (non-hydrogen) atoms. The van der Waals surface area contributed by atoms with Crippen LogP contribution in [0.2, 0.25) is 0 Å². The molecule has 0 aromatic heterocycles. The fourth-order valence-electron chi connectivity index (χ4n) is 1.81.